The maximum absolute atomic E-state index is 3.46. The highest BCUT2D eigenvalue weighted by Gasteiger charge is 2.15. The minimum absolute atomic E-state index is 0.264. The van der Waals surface area contributed by atoms with Gasteiger partial charge in [-0.2, -0.15) is 0 Å². The Bertz CT molecular complexity index is 581. The quantitative estimate of drug-likeness (QED) is 0.861. The average Bonchev–Trinajstić information content (AvgIpc) is 2.46. The zero-order valence-corrected chi connectivity index (χ0v) is 13.2. The summed E-state index contributed by atoms with van der Waals surface area (Å²) in [6.07, 6.45) is 1.09. The Morgan fingerprint density at radius 1 is 0.900 bits per heavy atom. The molecule has 0 fully saturated rings. The van der Waals surface area contributed by atoms with Gasteiger partial charge in [0, 0.05) is 0 Å². The van der Waals surface area contributed by atoms with Crippen LogP contribution >= 0.6 is 0 Å². The van der Waals surface area contributed by atoms with Gasteiger partial charge < -0.3 is 5.32 Å². The van der Waals surface area contributed by atoms with Gasteiger partial charge in [0.2, 0.25) is 0 Å². The Hall–Kier alpha value is -1.60. The van der Waals surface area contributed by atoms with Crippen molar-refractivity contribution < 1.29 is 0 Å². The average molecular weight is 267 g/mol. The molecule has 2 aromatic carbocycles. The lowest BCUT2D eigenvalue weighted by molar-refractivity contribution is 0.686. The number of hydrogen-bond donors (Lipinski definition) is 1. The SMILES string of the molecule is CCc1ccc(C(NC)c2cc(C)c(C)cc2C)cc1. The molecular weight excluding hydrogens is 242 g/mol. The largest absolute Gasteiger partial charge is 0.309 e. The standard InChI is InChI=1S/C19H25N/c1-6-16-7-9-17(10-8-16)19(20-5)18-12-14(3)13(2)11-15(18)4/h7-12,19-20H,6H2,1-5H3. The highest BCUT2D eigenvalue weighted by atomic mass is 14.9. The van der Waals surface area contributed by atoms with Gasteiger partial charge in [0.25, 0.3) is 0 Å². The van der Waals surface area contributed by atoms with Crippen LogP contribution < -0.4 is 5.32 Å². The summed E-state index contributed by atoms with van der Waals surface area (Å²) >= 11 is 0. The minimum Gasteiger partial charge on any atom is -0.309 e. The first-order valence-corrected chi connectivity index (χ1v) is 7.40. The second-order valence-electron chi connectivity index (χ2n) is 5.61. The second-order valence-corrected chi connectivity index (χ2v) is 5.61. The zero-order valence-electron chi connectivity index (χ0n) is 13.2. The number of aryl methyl sites for hydroxylation is 4. The van der Waals surface area contributed by atoms with Crippen molar-refractivity contribution in [1.29, 1.82) is 0 Å². The number of rotatable bonds is 4. The molecule has 20 heavy (non-hydrogen) atoms. The summed E-state index contributed by atoms with van der Waals surface area (Å²) in [5.41, 5.74) is 8.17. The van der Waals surface area contributed by atoms with Crippen LogP contribution in [0.2, 0.25) is 0 Å². The summed E-state index contributed by atoms with van der Waals surface area (Å²) in [6.45, 7) is 8.76. The van der Waals surface area contributed by atoms with E-state index < -0.39 is 0 Å². The van der Waals surface area contributed by atoms with Crippen molar-refractivity contribution in [2.45, 2.75) is 40.2 Å². The van der Waals surface area contributed by atoms with E-state index in [0.29, 0.717) is 0 Å². The Morgan fingerprint density at radius 2 is 1.50 bits per heavy atom. The molecule has 0 aromatic heterocycles. The molecule has 0 amide bonds. The van der Waals surface area contributed by atoms with Crippen molar-refractivity contribution in [3.63, 3.8) is 0 Å². The second kappa shape index (κ2) is 6.23. The van der Waals surface area contributed by atoms with Crippen LogP contribution in [0.4, 0.5) is 0 Å². The number of nitrogens with one attached hydrogen (secondary N) is 1. The Balaban J connectivity index is 2.43. The third-order valence-corrected chi connectivity index (χ3v) is 4.20. The Morgan fingerprint density at radius 3 is 2.05 bits per heavy atom. The molecule has 2 aromatic rings. The molecule has 2 rings (SSSR count). The summed E-state index contributed by atoms with van der Waals surface area (Å²) in [6, 6.07) is 13.8. The third kappa shape index (κ3) is 2.94. The Kier molecular flexibility index (Phi) is 4.61. The molecule has 0 bridgehead atoms. The van der Waals surface area contributed by atoms with Crippen molar-refractivity contribution in [2.24, 2.45) is 0 Å². The van der Waals surface area contributed by atoms with Crippen LogP contribution in [-0.2, 0) is 6.42 Å². The first kappa shape index (κ1) is 14.8. The van der Waals surface area contributed by atoms with Gasteiger partial charge in [0.15, 0.2) is 0 Å². The third-order valence-electron chi connectivity index (χ3n) is 4.20. The van der Waals surface area contributed by atoms with Gasteiger partial charge in [-0.1, -0.05) is 43.3 Å². The maximum atomic E-state index is 3.46. The van der Waals surface area contributed by atoms with Crippen molar-refractivity contribution in [2.75, 3.05) is 7.05 Å². The smallest absolute Gasteiger partial charge is 0.0576 e. The van der Waals surface area contributed by atoms with Gasteiger partial charge in [0.1, 0.15) is 0 Å². The molecule has 0 radical (unpaired) electrons. The fraction of sp³-hybridized carbons (Fsp3) is 0.368. The van der Waals surface area contributed by atoms with E-state index in [1.807, 2.05) is 7.05 Å². The summed E-state index contributed by atoms with van der Waals surface area (Å²) in [4.78, 5) is 0. The fourth-order valence-corrected chi connectivity index (χ4v) is 2.74. The molecule has 0 saturated carbocycles. The predicted octanol–water partition coefficient (Wildman–Crippen LogP) is 4.48. The van der Waals surface area contributed by atoms with Crippen LogP contribution in [-0.4, -0.2) is 7.05 Å². The van der Waals surface area contributed by atoms with E-state index in [-0.39, 0.29) is 6.04 Å². The zero-order chi connectivity index (χ0) is 14.7. The van der Waals surface area contributed by atoms with Crippen molar-refractivity contribution >= 4 is 0 Å². The molecular formula is C19H25N. The van der Waals surface area contributed by atoms with Gasteiger partial charge >= 0.3 is 0 Å². The van der Waals surface area contributed by atoms with Gasteiger partial charge in [-0.05, 0) is 67.6 Å². The lowest BCUT2D eigenvalue weighted by Crippen LogP contribution is -2.19. The first-order valence-electron chi connectivity index (χ1n) is 7.40. The van der Waals surface area contributed by atoms with Crippen LogP contribution in [0.25, 0.3) is 0 Å². The van der Waals surface area contributed by atoms with Crippen molar-refractivity contribution in [3.05, 3.63) is 69.8 Å². The molecule has 1 unspecified atom stereocenters. The molecule has 1 N–H and O–H groups in total. The molecule has 1 atom stereocenters. The molecule has 0 aliphatic carbocycles. The van der Waals surface area contributed by atoms with Crippen LogP contribution in [0, 0.1) is 20.8 Å². The molecule has 0 saturated heterocycles. The normalized spacial score (nSPS) is 12.4. The summed E-state index contributed by atoms with van der Waals surface area (Å²) in [7, 11) is 2.03. The first-order chi connectivity index (χ1) is 9.56. The van der Waals surface area contributed by atoms with E-state index in [2.05, 4.69) is 69.4 Å². The summed E-state index contributed by atoms with van der Waals surface area (Å²) in [5.74, 6) is 0. The van der Waals surface area contributed by atoms with Gasteiger partial charge in [-0.3, -0.25) is 0 Å². The lowest BCUT2D eigenvalue weighted by Gasteiger charge is -2.21. The fourth-order valence-electron chi connectivity index (χ4n) is 2.74. The van der Waals surface area contributed by atoms with E-state index in [4.69, 9.17) is 0 Å². The summed E-state index contributed by atoms with van der Waals surface area (Å²) in [5, 5.41) is 3.46. The molecule has 0 spiro atoms. The van der Waals surface area contributed by atoms with Crippen LogP contribution in [0.15, 0.2) is 36.4 Å². The topological polar surface area (TPSA) is 12.0 Å². The lowest BCUT2D eigenvalue weighted by atomic mass is 9.91. The number of benzene rings is 2. The minimum atomic E-state index is 0.264. The Labute approximate surface area is 123 Å². The predicted molar refractivity (Wildman–Crippen MR) is 87.4 cm³/mol. The van der Waals surface area contributed by atoms with Crippen LogP contribution in [0.3, 0.4) is 0 Å². The molecule has 1 nitrogen and oxygen atoms in total. The van der Waals surface area contributed by atoms with E-state index in [1.165, 1.54) is 33.4 Å². The van der Waals surface area contributed by atoms with Crippen LogP contribution in [0.1, 0.15) is 46.3 Å². The van der Waals surface area contributed by atoms with E-state index in [1.54, 1.807) is 0 Å². The molecule has 0 heterocycles. The van der Waals surface area contributed by atoms with Crippen molar-refractivity contribution in [1.82, 2.24) is 5.32 Å². The van der Waals surface area contributed by atoms with Crippen molar-refractivity contribution in [3.8, 4) is 0 Å². The van der Waals surface area contributed by atoms with Gasteiger partial charge in [0.05, 0.1) is 6.04 Å². The molecule has 106 valence electrons. The highest BCUT2D eigenvalue weighted by Crippen LogP contribution is 2.27. The van der Waals surface area contributed by atoms with Gasteiger partial charge in [-0.25, -0.2) is 0 Å². The van der Waals surface area contributed by atoms with Gasteiger partial charge in [-0.15, -0.1) is 0 Å². The number of hydrogen-bond acceptors (Lipinski definition) is 1. The van der Waals surface area contributed by atoms with Crippen LogP contribution in [0.5, 0.6) is 0 Å². The maximum Gasteiger partial charge on any atom is 0.0576 e. The monoisotopic (exact) mass is 267 g/mol. The summed E-state index contributed by atoms with van der Waals surface area (Å²) < 4.78 is 0. The van der Waals surface area contributed by atoms with E-state index in [0.717, 1.165) is 6.42 Å². The van der Waals surface area contributed by atoms with E-state index in [9.17, 15) is 0 Å². The molecule has 0 aliphatic heterocycles. The molecule has 0 aliphatic rings. The van der Waals surface area contributed by atoms with E-state index >= 15 is 0 Å². The molecule has 1 heteroatoms. The highest BCUT2D eigenvalue weighted by molar-refractivity contribution is 5.42.